The quantitative estimate of drug-likeness (QED) is 0.849. The van der Waals surface area contributed by atoms with E-state index in [0.29, 0.717) is 6.42 Å². The lowest BCUT2D eigenvalue weighted by atomic mass is 10.1. The van der Waals surface area contributed by atoms with E-state index in [1.54, 1.807) is 6.20 Å². The standard InChI is InChI=1S/C15H19N5O/c1-11-17-12(2)20(18-11)14-9-19(10-14)15(21)6-5-13-4-3-7-16-8-13/h3-4,7-8,14H,5-6,9-10H2,1-2H3. The Balaban J connectivity index is 1.49. The number of carbonyl (C=O) groups is 1. The lowest BCUT2D eigenvalue weighted by Crippen LogP contribution is -2.51. The zero-order valence-electron chi connectivity index (χ0n) is 12.4. The molecule has 6 heteroatoms. The van der Waals surface area contributed by atoms with E-state index >= 15 is 0 Å². The number of rotatable bonds is 4. The van der Waals surface area contributed by atoms with Gasteiger partial charge in [0.15, 0.2) is 0 Å². The second-order valence-corrected chi connectivity index (χ2v) is 5.46. The van der Waals surface area contributed by atoms with Crippen LogP contribution in [0.25, 0.3) is 0 Å². The van der Waals surface area contributed by atoms with Crippen LogP contribution in [0, 0.1) is 13.8 Å². The molecule has 0 aliphatic carbocycles. The van der Waals surface area contributed by atoms with Crippen LogP contribution >= 0.6 is 0 Å². The van der Waals surface area contributed by atoms with Gasteiger partial charge in [0.05, 0.1) is 6.04 Å². The van der Waals surface area contributed by atoms with Gasteiger partial charge in [0.25, 0.3) is 0 Å². The predicted molar refractivity (Wildman–Crippen MR) is 77.7 cm³/mol. The highest BCUT2D eigenvalue weighted by molar-refractivity contribution is 5.77. The Morgan fingerprint density at radius 2 is 2.19 bits per heavy atom. The molecule has 1 fully saturated rings. The highest BCUT2D eigenvalue weighted by Crippen LogP contribution is 2.22. The van der Waals surface area contributed by atoms with Crippen molar-refractivity contribution in [2.24, 2.45) is 0 Å². The van der Waals surface area contributed by atoms with E-state index in [2.05, 4.69) is 15.1 Å². The molecule has 3 rings (SSSR count). The molecule has 6 nitrogen and oxygen atoms in total. The van der Waals surface area contributed by atoms with E-state index in [-0.39, 0.29) is 11.9 Å². The Labute approximate surface area is 123 Å². The number of nitrogens with zero attached hydrogens (tertiary/aromatic N) is 5. The number of likely N-dealkylation sites (tertiary alicyclic amines) is 1. The van der Waals surface area contributed by atoms with Crippen molar-refractivity contribution in [2.45, 2.75) is 32.7 Å². The summed E-state index contributed by atoms with van der Waals surface area (Å²) in [5, 5.41) is 4.38. The molecule has 0 aromatic carbocycles. The maximum absolute atomic E-state index is 12.1. The molecule has 1 aliphatic rings. The highest BCUT2D eigenvalue weighted by Gasteiger charge is 2.33. The Bertz CT molecular complexity index is 631. The van der Waals surface area contributed by atoms with Crippen molar-refractivity contribution in [1.29, 1.82) is 0 Å². The first-order valence-electron chi connectivity index (χ1n) is 7.20. The third-order valence-corrected chi connectivity index (χ3v) is 3.82. The van der Waals surface area contributed by atoms with Gasteiger partial charge in [0.2, 0.25) is 5.91 Å². The molecular formula is C15H19N5O. The molecule has 21 heavy (non-hydrogen) atoms. The van der Waals surface area contributed by atoms with Gasteiger partial charge in [-0.15, -0.1) is 0 Å². The summed E-state index contributed by atoms with van der Waals surface area (Å²) in [5.41, 5.74) is 1.10. The number of aryl methyl sites for hydroxylation is 3. The van der Waals surface area contributed by atoms with Gasteiger partial charge in [-0.25, -0.2) is 9.67 Å². The average molecular weight is 285 g/mol. The molecule has 0 atom stereocenters. The first kappa shape index (κ1) is 13.7. The lowest BCUT2D eigenvalue weighted by molar-refractivity contribution is -0.137. The van der Waals surface area contributed by atoms with Crippen LogP contribution in [0.3, 0.4) is 0 Å². The molecule has 3 heterocycles. The molecule has 1 amide bonds. The van der Waals surface area contributed by atoms with E-state index in [4.69, 9.17) is 0 Å². The van der Waals surface area contributed by atoms with Gasteiger partial charge >= 0.3 is 0 Å². The second-order valence-electron chi connectivity index (χ2n) is 5.46. The molecule has 1 saturated heterocycles. The normalized spacial score (nSPS) is 15.0. The third kappa shape index (κ3) is 2.94. The van der Waals surface area contributed by atoms with E-state index in [1.807, 2.05) is 41.8 Å². The van der Waals surface area contributed by atoms with Crippen LogP contribution in [0.1, 0.15) is 29.7 Å². The number of hydrogen-bond donors (Lipinski definition) is 0. The van der Waals surface area contributed by atoms with Gasteiger partial charge in [-0.3, -0.25) is 9.78 Å². The van der Waals surface area contributed by atoms with Crippen molar-refractivity contribution in [2.75, 3.05) is 13.1 Å². The topological polar surface area (TPSA) is 63.9 Å². The van der Waals surface area contributed by atoms with Gasteiger partial charge in [-0.05, 0) is 31.9 Å². The zero-order valence-corrected chi connectivity index (χ0v) is 12.4. The average Bonchev–Trinajstić information content (AvgIpc) is 2.75. The Hall–Kier alpha value is -2.24. The zero-order chi connectivity index (χ0) is 14.8. The van der Waals surface area contributed by atoms with Gasteiger partial charge < -0.3 is 4.90 Å². The molecule has 1 aliphatic heterocycles. The van der Waals surface area contributed by atoms with Crippen LogP contribution in [-0.4, -0.2) is 43.6 Å². The van der Waals surface area contributed by atoms with Gasteiger partial charge in [-0.1, -0.05) is 6.07 Å². The lowest BCUT2D eigenvalue weighted by Gasteiger charge is -2.39. The van der Waals surface area contributed by atoms with Crippen molar-refractivity contribution in [1.82, 2.24) is 24.6 Å². The van der Waals surface area contributed by atoms with Crippen LogP contribution in [-0.2, 0) is 11.2 Å². The van der Waals surface area contributed by atoms with Crippen molar-refractivity contribution < 1.29 is 4.79 Å². The van der Waals surface area contributed by atoms with E-state index < -0.39 is 0 Å². The molecule has 110 valence electrons. The molecule has 2 aromatic heterocycles. The number of hydrogen-bond acceptors (Lipinski definition) is 4. The predicted octanol–water partition coefficient (Wildman–Crippen LogP) is 1.31. The fourth-order valence-corrected chi connectivity index (χ4v) is 2.65. The third-order valence-electron chi connectivity index (χ3n) is 3.82. The Morgan fingerprint density at radius 1 is 1.38 bits per heavy atom. The first-order valence-corrected chi connectivity index (χ1v) is 7.20. The molecular weight excluding hydrogens is 266 g/mol. The minimum absolute atomic E-state index is 0.199. The van der Waals surface area contributed by atoms with Crippen LogP contribution < -0.4 is 0 Å². The monoisotopic (exact) mass is 285 g/mol. The summed E-state index contributed by atoms with van der Waals surface area (Å²) < 4.78 is 1.93. The second kappa shape index (κ2) is 5.63. The fourth-order valence-electron chi connectivity index (χ4n) is 2.65. The van der Waals surface area contributed by atoms with Gasteiger partial charge in [-0.2, -0.15) is 5.10 Å². The van der Waals surface area contributed by atoms with Crippen molar-refractivity contribution in [3.63, 3.8) is 0 Å². The summed E-state index contributed by atoms with van der Waals surface area (Å²) >= 11 is 0. The Morgan fingerprint density at radius 3 is 2.81 bits per heavy atom. The van der Waals surface area contributed by atoms with Crippen LogP contribution in [0.2, 0.25) is 0 Å². The number of amides is 1. The van der Waals surface area contributed by atoms with Crippen LogP contribution in [0.5, 0.6) is 0 Å². The molecule has 0 bridgehead atoms. The minimum atomic E-state index is 0.199. The van der Waals surface area contributed by atoms with Crippen molar-refractivity contribution in [3.8, 4) is 0 Å². The number of aromatic nitrogens is 4. The summed E-state index contributed by atoms with van der Waals surface area (Å²) in [6.07, 6.45) is 4.84. The van der Waals surface area contributed by atoms with E-state index in [0.717, 1.165) is 36.7 Å². The summed E-state index contributed by atoms with van der Waals surface area (Å²) in [5.74, 6) is 1.90. The van der Waals surface area contributed by atoms with E-state index in [1.165, 1.54) is 0 Å². The minimum Gasteiger partial charge on any atom is -0.338 e. The maximum Gasteiger partial charge on any atom is 0.223 e. The van der Waals surface area contributed by atoms with Crippen molar-refractivity contribution >= 4 is 5.91 Å². The number of carbonyl (C=O) groups excluding carboxylic acids is 1. The molecule has 0 spiro atoms. The molecule has 0 saturated carbocycles. The van der Waals surface area contributed by atoms with Crippen molar-refractivity contribution in [3.05, 3.63) is 41.7 Å². The van der Waals surface area contributed by atoms with Crippen LogP contribution in [0.4, 0.5) is 0 Å². The maximum atomic E-state index is 12.1. The summed E-state index contributed by atoms with van der Waals surface area (Å²) in [4.78, 5) is 22.4. The fraction of sp³-hybridized carbons (Fsp3) is 0.467. The molecule has 0 radical (unpaired) electrons. The van der Waals surface area contributed by atoms with Crippen LogP contribution in [0.15, 0.2) is 24.5 Å². The van der Waals surface area contributed by atoms with E-state index in [9.17, 15) is 4.79 Å². The summed E-state index contributed by atoms with van der Waals surface area (Å²) in [6, 6.07) is 4.17. The van der Waals surface area contributed by atoms with Gasteiger partial charge in [0, 0.05) is 31.9 Å². The number of pyridine rings is 1. The molecule has 0 N–H and O–H groups in total. The molecule has 2 aromatic rings. The largest absolute Gasteiger partial charge is 0.338 e. The smallest absolute Gasteiger partial charge is 0.223 e. The Kier molecular flexibility index (Phi) is 3.68. The SMILES string of the molecule is Cc1nc(C)n(C2CN(C(=O)CCc3cccnc3)C2)n1. The summed E-state index contributed by atoms with van der Waals surface area (Å²) in [6.45, 7) is 5.30. The first-order chi connectivity index (χ1) is 10.1. The van der Waals surface area contributed by atoms with Gasteiger partial charge in [0.1, 0.15) is 11.6 Å². The highest BCUT2D eigenvalue weighted by atomic mass is 16.2. The summed E-state index contributed by atoms with van der Waals surface area (Å²) in [7, 11) is 0. The molecule has 0 unspecified atom stereocenters.